The lowest BCUT2D eigenvalue weighted by atomic mass is 9.99. The molecule has 0 bridgehead atoms. The van der Waals surface area contributed by atoms with E-state index < -0.39 is 15.6 Å². The van der Waals surface area contributed by atoms with Gasteiger partial charge in [-0.1, -0.05) is 144 Å². The second-order valence-corrected chi connectivity index (χ2v) is 20.7. The highest BCUT2D eigenvalue weighted by Gasteiger charge is 2.21. The summed E-state index contributed by atoms with van der Waals surface area (Å²) in [7, 11) is -8.57. The van der Waals surface area contributed by atoms with E-state index in [1.54, 1.807) is 0 Å². The number of aliphatic hydroxyl groups is 2. The highest BCUT2D eigenvalue weighted by atomic mass is 31.2. The van der Waals surface area contributed by atoms with Crippen molar-refractivity contribution in [3.8, 4) is 71.0 Å². The minimum atomic E-state index is -4.29. The zero-order valence-corrected chi connectivity index (χ0v) is 44.3. The molecule has 0 amide bonds. The molecule has 0 heterocycles. The first-order valence-corrected chi connectivity index (χ1v) is 28.3. The van der Waals surface area contributed by atoms with Gasteiger partial charge in [-0.05, 0) is 137 Å². The molecule has 2 atom stereocenters. The van der Waals surface area contributed by atoms with Gasteiger partial charge in [0.15, 0.2) is 0 Å². The quantitative estimate of drug-likeness (QED) is 0.0358. The first-order valence-electron chi connectivity index (χ1n) is 25.3. The van der Waals surface area contributed by atoms with E-state index >= 15 is 0 Å². The molecule has 78 heavy (non-hydrogen) atoms. The largest absolute Gasteiger partial charge is 0.472 e. The molecule has 10 nitrogen and oxygen atoms in total. The Balaban J connectivity index is 0.679. The van der Waals surface area contributed by atoms with E-state index in [1.165, 1.54) is 0 Å². The van der Waals surface area contributed by atoms with Crippen molar-refractivity contribution in [2.45, 2.75) is 38.5 Å². The number of fused-ring (bicyclic) bond motifs is 9. The normalized spacial score (nSPS) is 12.4. The second-order valence-electron chi connectivity index (χ2n) is 17.8. The molecule has 0 saturated heterocycles. The lowest BCUT2D eigenvalue weighted by Crippen LogP contribution is -1.97. The molecule has 0 aliphatic rings. The van der Waals surface area contributed by atoms with E-state index in [9.17, 15) is 18.9 Å². The SMILES string of the molecule is O=P(O)(OCCC#Cc1ccc2c(ccc3cc(C#CCCO)ccc32)c1)OCCC#Cc1ccc2c(ccc3cc(C#CCCOP(=O)(O)OCCC#Cc4ccc5c(ccc6cc(C#CCCO)ccc65)c4)ccc32)c1. The standard InChI is InChI=1S/C66H52O10P2/c67-37-7-1-13-49-19-31-61-55(43-49)25-27-57-45-51(21-33-63(57)61)15-3-9-39-73-77(69,70)75-41-11-5-17-53-23-35-65-59(47-53)29-30-60-48-54(24-36-66(60)65)18-6-12-42-76-78(71,72)74-40-10-4-16-52-22-34-64-58(46-52)28-26-56-44-50(14-2-8-38-68)20-32-62(56)64/h19-36,43-48,67-68H,7-12,37-42H2,(H,69,70)(H,71,72). The van der Waals surface area contributed by atoms with E-state index in [0.29, 0.717) is 12.8 Å². The molecule has 12 heteroatoms. The molecule has 386 valence electrons. The van der Waals surface area contributed by atoms with Gasteiger partial charge in [-0.3, -0.25) is 18.1 Å². The maximum atomic E-state index is 12.5. The van der Waals surface area contributed by atoms with E-state index in [-0.39, 0.29) is 65.3 Å². The second kappa shape index (κ2) is 26.4. The first-order chi connectivity index (χ1) is 38.0. The van der Waals surface area contributed by atoms with Crippen LogP contribution in [0.15, 0.2) is 146 Å². The summed E-state index contributed by atoms with van der Waals surface area (Å²) in [6.45, 7) is -0.222. The maximum Gasteiger partial charge on any atom is 0.472 e. The van der Waals surface area contributed by atoms with E-state index in [2.05, 4.69) is 95.3 Å². The average Bonchev–Trinajstić information content (AvgIpc) is 3.46. The van der Waals surface area contributed by atoms with Gasteiger partial charge in [0.1, 0.15) is 0 Å². The van der Waals surface area contributed by atoms with Gasteiger partial charge >= 0.3 is 15.6 Å². The predicted molar refractivity (Wildman–Crippen MR) is 311 cm³/mol. The van der Waals surface area contributed by atoms with Crippen molar-refractivity contribution >= 4 is 80.3 Å². The zero-order chi connectivity index (χ0) is 54.2. The number of hydrogen-bond donors (Lipinski definition) is 4. The topological polar surface area (TPSA) is 152 Å². The number of rotatable bonds is 14. The van der Waals surface area contributed by atoms with Crippen LogP contribution in [0.2, 0.25) is 0 Å². The van der Waals surface area contributed by atoms with Gasteiger partial charge in [-0.2, -0.15) is 0 Å². The molecular formula is C66H52O10P2. The first kappa shape index (κ1) is 54.8. The van der Waals surface area contributed by atoms with Gasteiger partial charge in [0, 0.05) is 71.9 Å². The van der Waals surface area contributed by atoms with Gasteiger partial charge in [-0.25, -0.2) is 9.13 Å². The average molecular weight is 1070 g/mol. The summed E-state index contributed by atoms with van der Waals surface area (Å²) in [5.74, 6) is 36.6. The van der Waals surface area contributed by atoms with Crippen LogP contribution in [-0.4, -0.2) is 59.6 Å². The predicted octanol–water partition coefficient (Wildman–Crippen LogP) is 12.7. The van der Waals surface area contributed by atoms with E-state index in [0.717, 1.165) is 98.0 Å². The Bertz CT molecular complexity index is 3970. The molecule has 0 aliphatic carbocycles. The molecule has 0 aromatic heterocycles. The van der Waals surface area contributed by atoms with Crippen LogP contribution in [-0.2, 0) is 27.2 Å². The molecule has 0 spiro atoms. The van der Waals surface area contributed by atoms with Crippen LogP contribution in [0.5, 0.6) is 0 Å². The molecule has 9 rings (SSSR count). The van der Waals surface area contributed by atoms with Crippen LogP contribution in [0, 0.1) is 71.0 Å². The number of benzene rings is 9. The van der Waals surface area contributed by atoms with Crippen molar-refractivity contribution < 1.29 is 47.2 Å². The molecule has 2 unspecified atom stereocenters. The number of phosphoric acid groups is 2. The zero-order valence-electron chi connectivity index (χ0n) is 42.5. The molecule has 0 fully saturated rings. The van der Waals surface area contributed by atoms with Gasteiger partial charge < -0.3 is 20.0 Å². The fourth-order valence-corrected chi connectivity index (χ4v) is 10.1. The summed E-state index contributed by atoms with van der Waals surface area (Å²) in [5.41, 5.74) is 5.03. The van der Waals surface area contributed by atoms with E-state index in [1.807, 2.05) is 121 Å². The molecule has 0 radical (unpaired) electrons. The smallest absolute Gasteiger partial charge is 0.395 e. The summed E-state index contributed by atoms with van der Waals surface area (Å²) in [6.07, 6.45) is 1.81. The van der Waals surface area contributed by atoms with Crippen molar-refractivity contribution in [3.63, 3.8) is 0 Å². The van der Waals surface area contributed by atoms with Crippen molar-refractivity contribution in [2.24, 2.45) is 0 Å². The fourth-order valence-electron chi connectivity index (χ4n) is 8.70. The summed E-state index contributed by atoms with van der Waals surface area (Å²) in [5, 5.41) is 30.8. The van der Waals surface area contributed by atoms with Gasteiger partial charge in [-0.15, -0.1) is 0 Å². The molecule has 9 aromatic carbocycles. The Morgan fingerprint density at radius 3 is 0.679 bits per heavy atom. The third-order valence-electron chi connectivity index (χ3n) is 12.3. The third kappa shape index (κ3) is 14.9. The number of hydrogen-bond acceptors (Lipinski definition) is 8. The molecule has 0 aliphatic heterocycles. The van der Waals surface area contributed by atoms with Crippen LogP contribution in [0.1, 0.15) is 71.9 Å². The molecular weight excluding hydrogens is 1010 g/mol. The van der Waals surface area contributed by atoms with Crippen molar-refractivity contribution in [3.05, 3.63) is 179 Å². The van der Waals surface area contributed by atoms with Gasteiger partial charge in [0.2, 0.25) is 0 Å². The Hall–Kier alpha value is -7.96. The maximum absolute atomic E-state index is 12.5. The fraction of sp³-hybridized carbons (Fsp3) is 0.182. The Morgan fingerprint density at radius 1 is 0.295 bits per heavy atom. The Morgan fingerprint density at radius 2 is 0.487 bits per heavy atom. The summed E-state index contributed by atoms with van der Waals surface area (Å²) in [4.78, 5) is 20.4. The molecule has 4 N–H and O–H groups in total. The van der Waals surface area contributed by atoms with Crippen LogP contribution < -0.4 is 0 Å². The molecule has 9 aromatic rings. The summed E-state index contributed by atoms with van der Waals surface area (Å²) in [6, 6.07) is 48.3. The minimum absolute atomic E-state index is 0.0419. The summed E-state index contributed by atoms with van der Waals surface area (Å²) < 4.78 is 45.6. The van der Waals surface area contributed by atoms with Crippen LogP contribution in [0.3, 0.4) is 0 Å². The van der Waals surface area contributed by atoms with E-state index in [4.69, 9.17) is 28.3 Å². The van der Waals surface area contributed by atoms with Crippen molar-refractivity contribution in [2.75, 3.05) is 39.6 Å². The van der Waals surface area contributed by atoms with Crippen molar-refractivity contribution in [1.82, 2.24) is 0 Å². The lowest BCUT2D eigenvalue weighted by molar-refractivity contribution is 0.153. The minimum Gasteiger partial charge on any atom is -0.395 e. The monoisotopic (exact) mass is 1070 g/mol. The highest BCUT2D eigenvalue weighted by Crippen LogP contribution is 2.44. The number of aliphatic hydroxyl groups excluding tert-OH is 2. The third-order valence-corrected chi connectivity index (χ3v) is 14.3. The van der Waals surface area contributed by atoms with Crippen LogP contribution >= 0.6 is 15.6 Å². The van der Waals surface area contributed by atoms with Gasteiger partial charge in [0.25, 0.3) is 0 Å². The number of phosphoric ester groups is 2. The Kier molecular flexibility index (Phi) is 18.6. The Labute approximate surface area is 453 Å². The highest BCUT2D eigenvalue weighted by molar-refractivity contribution is 7.47. The van der Waals surface area contributed by atoms with Crippen molar-refractivity contribution in [1.29, 1.82) is 0 Å². The molecule has 0 saturated carbocycles. The van der Waals surface area contributed by atoms with Crippen LogP contribution in [0.4, 0.5) is 0 Å². The summed E-state index contributed by atoms with van der Waals surface area (Å²) >= 11 is 0. The lowest BCUT2D eigenvalue weighted by Gasteiger charge is -2.09. The van der Waals surface area contributed by atoms with Gasteiger partial charge in [0.05, 0.1) is 39.6 Å². The van der Waals surface area contributed by atoms with Crippen LogP contribution in [0.25, 0.3) is 64.6 Å².